The number of carbonyl (C=O) groups excluding carboxylic acids is 2. The molecule has 0 spiro atoms. The van der Waals surface area contributed by atoms with E-state index >= 15 is 0 Å². The number of para-hydroxylation sites is 1. The molecule has 3 N–H and O–H groups in total. The lowest BCUT2D eigenvalue weighted by atomic mass is 10.2. The number of rotatable bonds is 7. The molecule has 0 aliphatic heterocycles. The van der Waals surface area contributed by atoms with Crippen LogP contribution >= 0.6 is 0 Å². The summed E-state index contributed by atoms with van der Waals surface area (Å²) in [5.41, 5.74) is 1.72. The molecule has 0 atom stereocenters. The van der Waals surface area contributed by atoms with Crippen molar-refractivity contribution in [2.24, 2.45) is 0 Å². The molecule has 2 aromatic heterocycles. The number of carbonyl (C=O) groups is 2. The van der Waals surface area contributed by atoms with Gasteiger partial charge in [-0.3, -0.25) is 9.78 Å². The minimum atomic E-state index is -0.528. The van der Waals surface area contributed by atoms with Crippen LogP contribution in [0.5, 0.6) is 0 Å². The second kappa shape index (κ2) is 9.88. The van der Waals surface area contributed by atoms with Crippen molar-refractivity contribution in [3.8, 4) is 0 Å². The molecule has 2 amide bonds. The monoisotopic (exact) mass is 421 g/mol. The topological polar surface area (TPSA) is 105 Å². The zero-order chi connectivity index (χ0) is 22.3. The van der Waals surface area contributed by atoms with Crippen LogP contribution in [0.25, 0.3) is 10.9 Å². The molecule has 162 valence electrons. The van der Waals surface area contributed by atoms with Gasteiger partial charge in [-0.25, -0.2) is 9.78 Å². The van der Waals surface area contributed by atoms with Crippen LogP contribution in [-0.4, -0.2) is 40.7 Å². The molecule has 0 bridgehead atoms. The second-order valence-electron chi connectivity index (χ2n) is 7.94. The minimum absolute atomic E-state index is 0.288. The summed E-state index contributed by atoms with van der Waals surface area (Å²) >= 11 is 0. The Bertz CT molecular complexity index is 1060. The maximum Gasteiger partial charge on any atom is 0.407 e. The minimum Gasteiger partial charge on any atom is -0.444 e. The Balaban J connectivity index is 1.57. The smallest absolute Gasteiger partial charge is 0.407 e. The van der Waals surface area contributed by atoms with Crippen LogP contribution in [-0.2, 0) is 4.74 Å². The largest absolute Gasteiger partial charge is 0.444 e. The molecule has 8 nitrogen and oxygen atoms in total. The van der Waals surface area contributed by atoms with Crippen molar-refractivity contribution in [1.82, 2.24) is 15.3 Å². The van der Waals surface area contributed by atoms with Gasteiger partial charge in [0, 0.05) is 30.9 Å². The third-order valence-electron chi connectivity index (χ3n) is 4.24. The highest BCUT2D eigenvalue weighted by atomic mass is 16.6. The lowest BCUT2D eigenvalue weighted by Gasteiger charge is -2.19. The first-order valence-corrected chi connectivity index (χ1v) is 10.1. The van der Waals surface area contributed by atoms with Crippen LogP contribution in [0.1, 0.15) is 37.7 Å². The van der Waals surface area contributed by atoms with Gasteiger partial charge in [0.05, 0.1) is 16.9 Å². The number of ether oxygens (including phenoxy) is 1. The molecule has 0 aliphatic rings. The molecule has 0 aliphatic carbocycles. The van der Waals surface area contributed by atoms with Crippen LogP contribution in [0.3, 0.4) is 0 Å². The fourth-order valence-corrected chi connectivity index (χ4v) is 2.93. The summed E-state index contributed by atoms with van der Waals surface area (Å²) in [7, 11) is 0. The number of nitrogens with one attached hydrogen (secondary N) is 3. The number of anilines is 2. The summed E-state index contributed by atoms with van der Waals surface area (Å²) in [6.07, 6.45) is 3.47. The molecule has 3 rings (SSSR count). The SMILES string of the molecule is CC(C)(C)OC(=O)NCCCNc1cccnc1C(=O)Nc1cccc2cccnc12. The van der Waals surface area contributed by atoms with E-state index in [1.54, 1.807) is 24.5 Å². The van der Waals surface area contributed by atoms with Gasteiger partial charge >= 0.3 is 6.09 Å². The zero-order valence-electron chi connectivity index (χ0n) is 17.9. The average molecular weight is 422 g/mol. The summed E-state index contributed by atoms with van der Waals surface area (Å²) in [6, 6.07) is 13.0. The van der Waals surface area contributed by atoms with Crippen molar-refractivity contribution in [2.45, 2.75) is 32.8 Å². The molecular weight excluding hydrogens is 394 g/mol. The first kappa shape index (κ1) is 22.0. The van der Waals surface area contributed by atoms with E-state index in [-0.39, 0.29) is 11.6 Å². The lowest BCUT2D eigenvalue weighted by molar-refractivity contribution is 0.0527. The van der Waals surface area contributed by atoms with Crippen LogP contribution in [0, 0.1) is 0 Å². The Morgan fingerprint density at radius 2 is 1.65 bits per heavy atom. The maximum atomic E-state index is 12.9. The second-order valence-corrected chi connectivity index (χ2v) is 7.94. The summed E-state index contributed by atoms with van der Waals surface area (Å²) in [5.74, 6) is -0.326. The fourth-order valence-electron chi connectivity index (χ4n) is 2.93. The number of hydrogen-bond donors (Lipinski definition) is 3. The molecule has 1 aromatic carbocycles. The molecule has 0 saturated heterocycles. The number of amides is 2. The van der Waals surface area contributed by atoms with Crippen molar-refractivity contribution >= 4 is 34.3 Å². The van der Waals surface area contributed by atoms with Crippen LogP contribution in [0.15, 0.2) is 54.9 Å². The molecule has 0 radical (unpaired) electrons. The van der Waals surface area contributed by atoms with Gasteiger partial charge in [0.15, 0.2) is 5.69 Å². The van der Waals surface area contributed by atoms with E-state index in [0.717, 1.165) is 10.9 Å². The van der Waals surface area contributed by atoms with E-state index in [4.69, 9.17) is 4.74 Å². The number of fused-ring (bicyclic) bond motifs is 1. The maximum absolute atomic E-state index is 12.9. The van der Waals surface area contributed by atoms with Gasteiger partial charge in [0.2, 0.25) is 0 Å². The molecule has 0 fully saturated rings. The molecule has 2 heterocycles. The number of pyridine rings is 2. The first-order valence-electron chi connectivity index (χ1n) is 10.1. The van der Waals surface area contributed by atoms with Crippen molar-refractivity contribution in [3.63, 3.8) is 0 Å². The van der Waals surface area contributed by atoms with Crippen LogP contribution in [0.2, 0.25) is 0 Å². The van der Waals surface area contributed by atoms with Gasteiger partial charge in [-0.1, -0.05) is 18.2 Å². The fraction of sp³-hybridized carbons (Fsp3) is 0.304. The molecule has 0 unspecified atom stereocenters. The summed E-state index contributed by atoms with van der Waals surface area (Å²) in [4.78, 5) is 33.2. The standard InChI is InChI=1S/C23H27N5O3/c1-23(2,3)31-22(30)27-15-7-14-24-17-11-6-13-26-20(17)21(29)28-18-10-4-8-16-9-5-12-25-19(16)18/h4-6,8-13,24H,7,14-15H2,1-3H3,(H,27,30)(H,28,29). The Morgan fingerprint density at radius 3 is 2.45 bits per heavy atom. The van der Waals surface area contributed by atoms with Gasteiger partial charge in [0.1, 0.15) is 5.60 Å². The van der Waals surface area contributed by atoms with Crippen LogP contribution in [0.4, 0.5) is 16.2 Å². The Kier molecular flexibility index (Phi) is 7.02. The van der Waals surface area contributed by atoms with Crippen molar-refractivity contribution < 1.29 is 14.3 Å². The van der Waals surface area contributed by atoms with E-state index in [0.29, 0.717) is 30.9 Å². The van der Waals surface area contributed by atoms with E-state index in [1.165, 1.54) is 0 Å². The van der Waals surface area contributed by atoms with E-state index < -0.39 is 11.7 Å². The van der Waals surface area contributed by atoms with Crippen molar-refractivity contribution in [2.75, 3.05) is 23.7 Å². The Morgan fingerprint density at radius 1 is 0.935 bits per heavy atom. The predicted molar refractivity (Wildman–Crippen MR) is 121 cm³/mol. The normalized spacial score (nSPS) is 11.1. The van der Waals surface area contributed by atoms with E-state index in [1.807, 2.05) is 51.1 Å². The molecular formula is C23H27N5O3. The predicted octanol–water partition coefficient (Wildman–Crippen LogP) is 4.21. The molecule has 3 aromatic rings. The highest BCUT2D eigenvalue weighted by Gasteiger charge is 2.16. The van der Waals surface area contributed by atoms with E-state index in [2.05, 4.69) is 25.9 Å². The highest BCUT2D eigenvalue weighted by molar-refractivity contribution is 6.09. The van der Waals surface area contributed by atoms with Gasteiger partial charge in [-0.15, -0.1) is 0 Å². The van der Waals surface area contributed by atoms with Gasteiger partial charge < -0.3 is 20.7 Å². The van der Waals surface area contributed by atoms with Crippen molar-refractivity contribution in [3.05, 3.63) is 60.6 Å². The number of benzene rings is 1. The number of nitrogens with zero attached hydrogens (tertiary/aromatic N) is 2. The van der Waals surface area contributed by atoms with Gasteiger partial charge in [-0.05, 0) is 51.5 Å². The highest BCUT2D eigenvalue weighted by Crippen LogP contribution is 2.22. The Labute approximate surface area is 181 Å². The average Bonchev–Trinajstić information content (AvgIpc) is 2.73. The quantitative estimate of drug-likeness (QED) is 0.494. The van der Waals surface area contributed by atoms with Crippen molar-refractivity contribution in [1.29, 1.82) is 0 Å². The molecule has 0 saturated carbocycles. The Hall–Kier alpha value is -3.68. The number of hydrogen-bond acceptors (Lipinski definition) is 6. The summed E-state index contributed by atoms with van der Waals surface area (Å²) in [6.45, 7) is 6.45. The van der Waals surface area contributed by atoms with Crippen LogP contribution < -0.4 is 16.0 Å². The summed E-state index contributed by atoms with van der Waals surface area (Å²) < 4.78 is 5.20. The first-order chi connectivity index (χ1) is 14.8. The lowest BCUT2D eigenvalue weighted by Crippen LogP contribution is -2.33. The van der Waals surface area contributed by atoms with Gasteiger partial charge in [-0.2, -0.15) is 0 Å². The zero-order valence-corrected chi connectivity index (χ0v) is 17.9. The molecule has 8 heteroatoms. The molecule has 31 heavy (non-hydrogen) atoms. The van der Waals surface area contributed by atoms with E-state index in [9.17, 15) is 9.59 Å². The number of aromatic nitrogens is 2. The summed E-state index contributed by atoms with van der Waals surface area (Å²) in [5, 5.41) is 9.76. The third-order valence-corrected chi connectivity index (χ3v) is 4.24. The third kappa shape index (κ3) is 6.40. The van der Waals surface area contributed by atoms with Gasteiger partial charge in [0.25, 0.3) is 5.91 Å². The number of alkyl carbamates (subject to hydrolysis) is 1.